The van der Waals surface area contributed by atoms with E-state index in [1.54, 1.807) is 18.7 Å². The van der Waals surface area contributed by atoms with Crippen molar-refractivity contribution in [3.63, 3.8) is 0 Å². The van der Waals surface area contributed by atoms with Gasteiger partial charge in [-0.15, -0.1) is 0 Å². The number of hydrogen-bond donors (Lipinski definition) is 1. The number of rotatable bonds is 11. The van der Waals surface area contributed by atoms with Crippen molar-refractivity contribution in [1.82, 2.24) is 10.2 Å². The van der Waals surface area contributed by atoms with Crippen molar-refractivity contribution in [3.8, 4) is 0 Å². The smallest absolute Gasteiger partial charge is 0.338 e. The summed E-state index contributed by atoms with van der Waals surface area (Å²) in [6.45, 7) is 4.13. The topological polar surface area (TPSA) is 71.2 Å². The molecule has 2 unspecified atom stereocenters. The number of carbonyl (C=O) groups is 2. The summed E-state index contributed by atoms with van der Waals surface area (Å²) in [5.74, 6) is 1.85. The van der Waals surface area contributed by atoms with Crippen LogP contribution in [0.25, 0.3) is 0 Å². The number of carbonyl (C=O) groups excluding carboxylic acids is 2. The van der Waals surface area contributed by atoms with E-state index in [9.17, 15) is 9.59 Å². The van der Waals surface area contributed by atoms with E-state index in [0.717, 1.165) is 31.7 Å². The molecule has 0 aliphatic carbocycles. The van der Waals surface area contributed by atoms with Gasteiger partial charge in [0.1, 0.15) is 6.10 Å². The fraction of sp³-hybridized carbons (Fsp3) is 0.481. The Labute approximate surface area is 206 Å². The van der Waals surface area contributed by atoms with E-state index in [2.05, 4.69) is 41.7 Å². The molecule has 2 aliphatic heterocycles. The number of amides is 1. The third kappa shape index (κ3) is 6.84. The Hall–Kier alpha value is -2.35. The van der Waals surface area contributed by atoms with Crippen LogP contribution in [0.1, 0.15) is 36.8 Å². The summed E-state index contributed by atoms with van der Waals surface area (Å²) < 4.78 is 10.5. The summed E-state index contributed by atoms with van der Waals surface area (Å²) in [5.41, 5.74) is 2.61. The molecule has 2 aromatic rings. The van der Waals surface area contributed by atoms with Crippen molar-refractivity contribution in [2.24, 2.45) is 0 Å². The minimum absolute atomic E-state index is 0.139. The van der Waals surface area contributed by atoms with Crippen LogP contribution in [-0.2, 0) is 24.8 Å². The van der Waals surface area contributed by atoms with Crippen molar-refractivity contribution in [3.05, 3.63) is 71.8 Å². The third-order valence-corrected chi connectivity index (χ3v) is 7.55. The molecule has 34 heavy (non-hydrogen) atoms. The molecule has 0 radical (unpaired) electrons. The van der Waals surface area contributed by atoms with Gasteiger partial charge in [0.25, 0.3) is 0 Å². The lowest BCUT2D eigenvalue weighted by Gasteiger charge is -2.34. The van der Waals surface area contributed by atoms with Gasteiger partial charge >= 0.3 is 5.97 Å². The van der Waals surface area contributed by atoms with Crippen LogP contribution in [0.2, 0.25) is 0 Å². The summed E-state index contributed by atoms with van der Waals surface area (Å²) in [5, 5.41) is 3.39. The number of epoxide rings is 1. The number of ether oxygens (including phenoxy) is 2. The molecule has 2 aliphatic rings. The summed E-state index contributed by atoms with van der Waals surface area (Å²) >= 11 is 1.75. The Balaban J connectivity index is 1.31. The van der Waals surface area contributed by atoms with Crippen molar-refractivity contribution in [2.75, 3.05) is 32.0 Å². The molecule has 1 amide bonds. The molecule has 0 spiro atoms. The average Bonchev–Trinajstić information content (AvgIpc) is 3.67. The number of nitrogens with zero attached hydrogens (tertiary/aromatic N) is 1. The molecule has 2 saturated heterocycles. The molecule has 4 rings (SSSR count). The van der Waals surface area contributed by atoms with E-state index in [1.807, 2.05) is 29.2 Å². The number of benzene rings is 2. The molecule has 1 N–H and O–H groups in total. The van der Waals surface area contributed by atoms with E-state index >= 15 is 0 Å². The first-order valence-electron chi connectivity index (χ1n) is 12.2. The summed E-state index contributed by atoms with van der Waals surface area (Å²) in [7, 11) is 0. The largest absolute Gasteiger partial charge is 0.464 e. The van der Waals surface area contributed by atoms with E-state index in [4.69, 9.17) is 9.47 Å². The van der Waals surface area contributed by atoms with Crippen LogP contribution in [0.5, 0.6) is 0 Å². The Morgan fingerprint density at radius 1 is 1.09 bits per heavy atom. The summed E-state index contributed by atoms with van der Waals surface area (Å²) in [6, 6.07) is 20.6. The first-order chi connectivity index (χ1) is 16.7. The maximum atomic E-state index is 13.5. The van der Waals surface area contributed by atoms with Crippen LogP contribution in [0.3, 0.4) is 0 Å². The standard InChI is InChI=1S/C27H34N2O4S/c1-2-32-27(31)25-24(33-25)17-28-23(19-34-18-20-9-5-3-6-10-20)26(30)29-15-13-22(14-16-29)21-11-7-4-8-12-21/h3-12,22-25,28H,2,13-19H2,1H3/t23?,24?,25-/m0/s1. The van der Waals surface area contributed by atoms with Crippen LogP contribution in [0.4, 0.5) is 0 Å². The number of hydrogen-bond acceptors (Lipinski definition) is 6. The zero-order valence-electron chi connectivity index (χ0n) is 19.7. The SMILES string of the molecule is CCOC(=O)[C@H]1OC1CNC(CSCc1ccccc1)C(=O)N1CCC(c2ccccc2)CC1. The van der Waals surface area contributed by atoms with Gasteiger partial charge in [-0.25, -0.2) is 4.79 Å². The Kier molecular flexibility index (Phi) is 9.02. The van der Waals surface area contributed by atoms with Gasteiger partial charge in [-0.2, -0.15) is 11.8 Å². The van der Waals surface area contributed by atoms with Gasteiger partial charge in [-0.3, -0.25) is 4.79 Å². The Morgan fingerprint density at radius 2 is 1.76 bits per heavy atom. The molecule has 0 saturated carbocycles. The van der Waals surface area contributed by atoms with Crippen molar-refractivity contribution in [1.29, 1.82) is 0 Å². The second-order valence-corrected chi connectivity index (χ2v) is 9.85. The number of piperidine rings is 1. The fourth-order valence-corrected chi connectivity index (χ4v) is 5.50. The number of nitrogens with one attached hydrogen (secondary N) is 1. The summed E-state index contributed by atoms with van der Waals surface area (Å²) in [4.78, 5) is 27.3. The first kappa shape index (κ1) is 24.8. The van der Waals surface area contributed by atoms with E-state index in [-0.39, 0.29) is 24.0 Å². The van der Waals surface area contributed by atoms with Crippen molar-refractivity contribution in [2.45, 2.75) is 49.7 Å². The van der Waals surface area contributed by atoms with E-state index in [1.165, 1.54) is 11.1 Å². The van der Waals surface area contributed by atoms with Gasteiger partial charge in [0.05, 0.1) is 12.6 Å². The maximum absolute atomic E-state index is 13.5. The molecular weight excluding hydrogens is 448 g/mol. The molecular formula is C27H34N2O4S. The highest BCUT2D eigenvalue weighted by molar-refractivity contribution is 7.98. The van der Waals surface area contributed by atoms with Gasteiger partial charge in [0.2, 0.25) is 5.91 Å². The molecule has 0 bridgehead atoms. The molecule has 182 valence electrons. The van der Waals surface area contributed by atoms with Gasteiger partial charge < -0.3 is 19.7 Å². The highest BCUT2D eigenvalue weighted by Crippen LogP contribution is 2.28. The predicted octanol–water partition coefficient (Wildman–Crippen LogP) is 3.61. The second kappa shape index (κ2) is 12.4. The monoisotopic (exact) mass is 482 g/mol. The predicted molar refractivity (Wildman–Crippen MR) is 135 cm³/mol. The highest BCUT2D eigenvalue weighted by Gasteiger charge is 2.46. The van der Waals surface area contributed by atoms with E-state index < -0.39 is 6.10 Å². The van der Waals surface area contributed by atoms with Crippen LogP contribution in [-0.4, -0.2) is 67.0 Å². The molecule has 3 atom stereocenters. The zero-order valence-corrected chi connectivity index (χ0v) is 20.5. The van der Waals surface area contributed by atoms with Gasteiger partial charge in [0.15, 0.2) is 6.10 Å². The van der Waals surface area contributed by atoms with Crippen LogP contribution < -0.4 is 5.32 Å². The second-order valence-electron chi connectivity index (χ2n) is 8.82. The lowest BCUT2D eigenvalue weighted by atomic mass is 9.89. The number of likely N-dealkylation sites (tertiary alicyclic amines) is 1. The van der Waals surface area contributed by atoms with E-state index in [0.29, 0.717) is 24.8 Å². The van der Waals surface area contributed by atoms with Crippen molar-refractivity contribution < 1.29 is 19.1 Å². The molecule has 2 heterocycles. The molecule has 2 aromatic carbocycles. The highest BCUT2D eigenvalue weighted by atomic mass is 32.2. The Bertz CT molecular complexity index is 919. The molecule has 0 aromatic heterocycles. The normalized spacial score (nSPS) is 21.1. The van der Waals surface area contributed by atoms with Gasteiger partial charge in [0, 0.05) is 31.1 Å². The maximum Gasteiger partial charge on any atom is 0.338 e. The minimum Gasteiger partial charge on any atom is -0.464 e. The minimum atomic E-state index is -0.512. The fourth-order valence-electron chi connectivity index (χ4n) is 4.45. The average molecular weight is 483 g/mol. The summed E-state index contributed by atoms with van der Waals surface area (Å²) in [6.07, 6.45) is 1.23. The van der Waals surface area contributed by atoms with Crippen LogP contribution >= 0.6 is 11.8 Å². The molecule has 6 nitrogen and oxygen atoms in total. The quantitative estimate of drug-likeness (QED) is 0.390. The molecule has 7 heteroatoms. The van der Waals surface area contributed by atoms with Crippen molar-refractivity contribution >= 4 is 23.6 Å². The van der Waals surface area contributed by atoms with Gasteiger partial charge in [-0.05, 0) is 36.8 Å². The van der Waals surface area contributed by atoms with Gasteiger partial charge in [-0.1, -0.05) is 60.7 Å². The Morgan fingerprint density at radius 3 is 2.44 bits per heavy atom. The van der Waals surface area contributed by atoms with Crippen LogP contribution in [0.15, 0.2) is 60.7 Å². The van der Waals surface area contributed by atoms with Crippen LogP contribution in [0, 0.1) is 0 Å². The lowest BCUT2D eigenvalue weighted by molar-refractivity contribution is -0.144. The lowest BCUT2D eigenvalue weighted by Crippen LogP contribution is -2.51. The third-order valence-electron chi connectivity index (χ3n) is 6.44. The first-order valence-corrected chi connectivity index (χ1v) is 13.3. The number of thioether (sulfide) groups is 1. The molecule has 2 fully saturated rings. The number of esters is 1. The zero-order chi connectivity index (χ0) is 23.8.